The van der Waals surface area contributed by atoms with Crippen LogP contribution in [0.15, 0.2) is 22.6 Å². The minimum atomic E-state index is 0.178. The number of para-hydroxylation sites is 1. The minimum Gasteiger partial charge on any atom is -0.494 e. The fraction of sp³-hybridized carbons (Fsp3) is 0.200. The third-order valence-electron chi connectivity index (χ3n) is 1.88. The van der Waals surface area contributed by atoms with Gasteiger partial charge in [-0.2, -0.15) is 5.26 Å². The van der Waals surface area contributed by atoms with Crippen molar-refractivity contribution < 1.29 is 9.15 Å². The zero-order valence-electron chi connectivity index (χ0n) is 7.65. The molecule has 4 heteroatoms. The highest BCUT2D eigenvalue weighted by molar-refractivity contribution is 5.79. The largest absolute Gasteiger partial charge is 0.494 e. The van der Waals surface area contributed by atoms with Gasteiger partial charge >= 0.3 is 0 Å². The Balaban J connectivity index is 2.59. The molecule has 0 atom stereocenters. The lowest BCUT2D eigenvalue weighted by molar-refractivity contribution is 0.419. The summed E-state index contributed by atoms with van der Waals surface area (Å²) in [7, 11) is 1.58. The summed E-state index contributed by atoms with van der Waals surface area (Å²) in [5.41, 5.74) is 1.31. The first-order valence-electron chi connectivity index (χ1n) is 4.14. The molecule has 2 rings (SSSR count). The highest BCUT2D eigenvalue weighted by Crippen LogP contribution is 2.25. The fourth-order valence-corrected chi connectivity index (χ4v) is 1.28. The summed E-state index contributed by atoms with van der Waals surface area (Å²) in [6.07, 6.45) is 0.178. The van der Waals surface area contributed by atoms with Gasteiger partial charge in [0.1, 0.15) is 12.2 Å². The van der Waals surface area contributed by atoms with Gasteiger partial charge in [0, 0.05) is 0 Å². The number of hydrogen-bond acceptors (Lipinski definition) is 4. The summed E-state index contributed by atoms with van der Waals surface area (Å²) in [5, 5.41) is 8.49. The van der Waals surface area contributed by atoms with Crippen molar-refractivity contribution in [2.75, 3.05) is 7.11 Å². The van der Waals surface area contributed by atoms with Crippen molar-refractivity contribution in [3.05, 3.63) is 24.1 Å². The van der Waals surface area contributed by atoms with Crippen molar-refractivity contribution in [3.63, 3.8) is 0 Å². The zero-order chi connectivity index (χ0) is 9.97. The number of benzene rings is 1. The molecule has 0 saturated carbocycles. The van der Waals surface area contributed by atoms with E-state index in [1.54, 1.807) is 19.2 Å². The van der Waals surface area contributed by atoms with Gasteiger partial charge in [-0.3, -0.25) is 0 Å². The average molecular weight is 188 g/mol. The number of nitriles is 1. The third-order valence-corrected chi connectivity index (χ3v) is 1.88. The maximum absolute atomic E-state index is 8.49. The number of ether oxygens (including phenoxy) is 1. The van der Waals surface area contributed by atoms with Crippen molar-refractivity contribution in [1.82, 2.24) is 4.98 Å². The number of aromatic nitrogens is 1. The first-order chi connectivity index (χ1) is 6.85. The van der Waals surface area contributed by atoms with Gasteiger partial charge < -0.3 is 9.15 Å². The molecule has 4 nitrogen and oxygen atoms in total. The van der Waals surface area contributed by atoms with E-state index >= 15 is 0 Å². The fourth-order valence-electron chi connectivity index (χ4n) is 1.28. The lowest BCUT2D eigenvalue weighted by atomic mass is 10.3. The van der Waals surface area contributed by atoms with Crippen LogP contribution in [0.3, 0.4) is 0 Å². The Bertz CT molecular complexity index is 496. The first-order valence-corrected chi connectivity index (χ1v) is 4.14. The smallest absolute Gasteiger partial charge is 0.209 e. The molecule has 0 saturated heterocycles. The standard InChI is InChI=1S/C10H8N2O2/c1-13-7-3-2-4-8-10(7)12-9(14-8)5-6-11/h2-4H,5H2,1H3. The number of fused-ring (bicyclic) bond motifs is 1. The molecule has 0 unspecified atom stereocenters. The van der Waals surface area contributed by atoms with E-state index in [1.165, 1.54) is 0 Å². The highest BCUT2D eigenvalue weighted by Gasteiger charge is 2.08. The third kappa shape index (κ3) is 1.29. The normalized spacial score (nSPS) is 10.0. The number of methoxy groups -OCH3 is 1. The van der Waals surface area contributed by atoms with Crippen molar-refractivity contribution in [2.45, 2.75) is 6.42 Å². The van der Waals surface area contributed by atoms with Crippen LogP contribution >= 0.6 is 0 Å². The molecule has 1 heterocycles. The molecule has 0 fully saturated rings. The van der Waals surface area contributed by atoms with Crippen molar-refractivity contribution in [3.8, 4) is 11.8 Å². The second-order valence-corrected chi connectivity index (χ2v) is 2.75. The van der Waals surface area contributed by atoms with E-state index in [2.05, 4.69) is 4.98 Å². The van der Waals surface area contributed by atoms with E-state index in [9.17, 15) is 0 Å². The Hall–Kier alpha value is -2.02. The van der Waals surface area contributed by atoms with E-state index in [1.807, 2.05) is 12.1 Å². The molecule has 1 aromatic carbocycles. The van der Waals surface area contributed by atoms with Crippen LogP contribution in [0.25, 0.3) is 11.1 Å². The summed E-state index contributed by atoms with van der Waals surface area (Å²) < 4.78 is 10.5. The first kappa shape index (κ1) is 8.57. The summed E-state index contributed by atoms with van der Waals surface area (Å²) in [5.74, 6) is 1.09. The zero-order valence-corrected chi connectivity index (χ0v) is 7.65. The second-order valence-electron chi connectivity index (χ2n) is 2.75. The van der Waals surface area contributed by atoms with Gasteiger partial charge in [-0.15, -0.1) is 0 Å². The van der Waals surface area contributed by atoms with Crippen LogP contribution in [0, 0.1) is 11.3 Å². The van der Waals surface area contributed by atoms with E-state index in [0.29, 0.717) is 22.7 Å². The van der Waals surface area contributed by atoms with E-state index < -0.39 is 0 Å². The van der Waals surface area contributed by atoms with Gasteiger partial charge in [0.2, 0.25) is 5.89 Å². The van der Waals surface area contributed by atoms with Gasteiger partial charge in [0.05, 0.1) is 13.2 Å². The van der Waals surface area contributed by atoms with E-state index in [4.69, 9.17) is 14.4 Å². The van der Waals surface area contributed by atoms with E-state index in [-0.39, 0.29) is 6.42 Å². The van der Waals surface area contributed by atoms with Crippen molar-refractivity contribution in [1.29, 1.82) is 5.26 Å². The maximum atomic E-state index is 8.49. The van der Waals surface area contributed by atoms with Crippen LogP contribution < -0.4 is 4.74 Å². The Kier molecular flexibility index (Phi) is 2.07. The molecule has 1 aromatic heterocycles. The quantitative estimate of drug-likeness (QED) is 0.722. The Morgan fingerprint density at radius 2 is 2.43 bits per heavy atom. The molecule has 0 spiro atoms. The number of rotatable bonds is 2. The summed E-state index contributed by atoms with van der Waals surface area (Å²) in [6.45, 7) is 0. The SMILES string of the molecule is COc1cccc2oc(CC#N)nc12. The Morgan fingerprint density at radius 3 is 3.14 bits per heavy atom. The molecule has 0 bridgehead atoms. The average Bonchev–Trinajstić information content (AvgIpc) is 2.60. The molecule has 0 aliphatic carbocycles. The summed E-state index contributed by atoms with van der Waals surface area (Å²) in [6, 6.07) is 7.41. The molecule has 0 amide bonds. The van der Waals surface area contributed by atoms with Gasteiger partial charge in [-0.25, -0.2) is 4.98 Å². The predicted octanol–water partition coefficient (Wildman–Crippen LogP) is 1.90. The predicted molar refractivity (Wildman–Crippen MR) is 49.9 cm³/mol. The van der Waals surface area contributed by atoms with E-state index in [0.717, 1.165) is 0 Å². The lowest BCUT2D eigenvalue weighted by Crippen LogP contribution is -1.84. The molecule has 0 aliphatic rings. The molecular weight excluding hydrogens is 180 g/mol. The van der Waals surface area contributed by atoms with Crippen molar-refractivity contribution >= 4 is 11.1 Å². The van der Waals surface area contributed by atoms with Crippen LogP contribution in [-0.4, -0.2) is 12.1 Å². The topological polar surface area (TPSA) is 59.0 Å². The maximum Gasteiger partial charge on any atom is 0.209 e. The highest BCUT2D eigenvalue weighted by atomic mass is 16.5. The van der Waals surface area contributed by atoms with Gasteiger partial charge in [-0.05, 0) is 12.1 Å². The summed E-state index contributed by atoms with van der Waals surface area (Å²) in [4.78, 5) is 4.16. The molecular formula is C10H8N2O2. The molecule has 14 heavy (non-hydrogen) atoms. The van der Waals surface area contributed by atoms with Crippen LogP contribution in [0.1, 0.15) is 5.89 Å². The number of nitrogens with zero attached hydrogens (tertiary/aromatic N) is 2. The Labute approximate surface area is 80.7 Å². The van der Waals surface area contributed by atoms with Crippen LogP contribution in [0.5, 0.6) is 5.75 Å². The minimum absolute atomic E-state index is 0.178. The molecule has 70 valence electrons. The van der Waals surface area contributed by atoms with Crippen molar-refractivity contribution in [2.24, 2.45) is 0 Å². The van der Waals surface area contributed by atoms with Gasteiger partial charge in [0.15, 0.2) is 11.1 Å². The van der Waals surface area contributed by atoms with Crippen LogP contribution in [0.2, 0.25) is 0 Å². The number of hydrogen-bond donors (Lipinski definition) is 0. The number of oxazole rings is 1. The molecule has 0 radical (unpaired) electrons. The molecule has 2 aromatic rings. The summed E-state index contributed by atoms with van der Waals surface area (Å²) >= 11 is 0. The van der Waals surface area contributed by atoms with Crippen LogP contribution in [-0.2, 0) is 6.42 Å². The Morgan fingerprint density at radius 1 is 1.57 bits per heavy atom. The molecule has 0 N–H and O–H groups in total. The van der Waals surface area contributed by atoms with Crippen LogP contribution in [0.4, 0.5) is 0 Å². The van der Waals surface area contributed by atoms with Gasteiger partial charge in [-0.1, -0.05) is 6.07 Å². The lowest BCUT2D eigenvalue weighted by Gasteiger charge is -1.96. The molecule has 0 aliphatic heterocycles. The second kappa shape index (κ2) is 3.38. The monoisotopic (exact) mass is 188 g/mol. The van der Waals surface area contributed by atoms with Gasteiger partial charge in [0.25, 0.3) is 0 Å².